The molecule has 1 amide bonds. The normalized spacial score (nSPS) is 13.9. The number of carbonyl (C=O) groups is 1. The summed E-state index contributed by atoms with van der Waals surface area (Å²) in [5.74, 6) is 1.87. The number of rotatable bonds is 5. The minimum absolute atomic E-state index is 0.138. The first kappa shape index (κ1) is 17.8. The maximum absolute atomic E-state index is 12.5. The largest absolute Gasteiger partial charge is 0.495 e. The highest BCUT2D eigenvalue weighted by atomic mass is 35.5. The predicted molar refractivity (Wildman–Crippen MR) is 99.4 cm³/mol. The molecule has 1 aliphatic heterocycles. The zero-order valence-corrected chi connectivity index (χ0v) is 15.4. The van der Waals surface area contributed by atoms with Crippen molar-refractivity contribution in [3.63, 3.8) is 0 Å². The van der Waals surface area contributed by atoms with E-state index in [9.17, 15) is 4.79 Å². The van der Waals surface area contributed by atoms with E-state index in [2.05, 4.69) is 5.32 Å². The van der Waals surface area contributed by atoms with Gasteiger partial charge < -0.3 is 19.5 Å². The molecule has 0 aliphatic carbocycles. The third-order valence-corrected chi connectivity index (χ3v) is 4.94. The molecule has 2 aromatic carbocycles. The molecule has 3 rings (SSSR count). The summed E-state index contributed by atoms with van der Waals surface area (Å²) in [6.45, 7) is 2.93. The summed E-state index contributed by atoms with van der Waals surface area (Å²) in [5.41, 5.74) is 0.551. The Morgan fingerprint density at radius 2 is 1.96 bits per heavy atom. The molecule has 0 bridgehead atoms. The summed E-state index contributed by atoms with van der Waals surface area (Å²) in [6.07, 6.45) is 0. The molecule has 0 unspecified atom stereocenters. The lowest BCUT2D eigenvalue weighted by Crippen LogP contribution is -2.22. The molecule has 25 heavy (non-hydrogen) atoms. The van der Waals surface area contributed by atoms with Crippen molar-refractivity contribution in [2.75, 3.05) is 25.6 Å². The average Bonchev–Trinajstić information content (AvgIpc) is 2.61. The number of benzene rings is 2. The van der Waals surface area contributed by atoms with Gasteiger partial charge >= 0.3 is 0 Å². The Morgan fingerprint density at radius 3 is 2.72 bits per heavy atom. The van der Waals surface area contributed by atoms with Crippen molar-refractivity contribution in [1.29, 1.82) is 0 Å². The van der Waals surface area contributed by atoms with Gasteiger partial charge in [-0.2, -0.15) is 0 Å². The fourth-order valence-corrected chi connectivity index (χ4v) is 3.43. The Morgan fingerprint density at radius 1 is 1.20 bits per heavy atom. The van der Waals surface area contributed by atoms with Crippen molar-refractivity contribution in [2.45, 2.75) is 17.1 Å². The smallest absolute Gasteiger partial charge is 0.237 e. The summed E-state index contributed by atoms with van der Waals surface area (Å²) in [4.78, 5) is 13.4. The maximum atomic E-state index is 12.5. The highest BCUT2D eigenvalue weighted by molar-refractivity contribution is 8.00. The van der Waals surface area contributed by atoms with Crippen LogP contribution < -0.4 is 19.5 Å². The molecule has 2 aromatic rings. The predicted octanol–water partition coefficient (Wildman–Crippen LogP) is 4.24. The lowest BCUT2D eigenvalue weighted by atomic mass is 10.3. The van der Waals surface area contributed by atoms with Crippen LogP contribution in [-0.4, -0.2) is 31.5 Å². The third kappa shape index (κ3) is 4.32. The summed E-state index contributed by atoms with van der Waals surface area (Å²) in [5, 5.41) is 3.08. The van der Waals surface area contributed by atoms with E-state index >= 15 is 0 Å². The van der Waals surface area contributed by atoms with Crippen molar-refractivity contribution in [1.82, 2.24) is 0 Å². The van der Waals surface area contributed by atoms with Crippen molar-refractivity contribution in [3.8, 4) is 17.2 Å². The molecule has 0 aromatic heterocycles. The monoisotopic (exact) mass is 379 g/mol. The van der Waals surface area contributed by atoms with Crippen LogP contribution in [0.3, 0.4) is 0 Å². The number of fused-ring (bicyclic) bond motifs is 1. The standard InChI is InChI=1S/C18H18ClNO4S/c1-11(18(21)20-14-9-12(19)3-5-15(14)22-2)25-13-4-6-16-17(10-13)24-8-7-23-16/h3-6,9-11H,7-8H2,1-2H3,(H,20,21)/t11-/m0/s1. The molecule has 0 fully saturated rings. The van der Waals surface area contributed by atoms with E-state index in [1.165, 1.54) is 11.8 Å². The van der Waals surface area contributed by atoms with Crippen LogP contribution in [0, 0.1) is 0 Å². The average molecular weight is 380 g/mol. The van der Waals surface area contributed by atoms with Gasteiger partial charge in [0.1, 0.15) is 19.0 Å². The molecule has 5 nitrogen and oxygen atoms in total. The number of amides is 1. The number of ether oxygens (including phenoxy) is 3. The molecule has 1 heterocycles. The Labute approximate surface area is 155 Å². The van der Waals surface area contributed by atoms with Crippen LogP contribution in [-0.2, 0) is 4.79 Å². The fourth-order valence-electron chi connectivity index (χ4n) is 2.37. The van der Waals surface area contributed by atoms with E-state index in [1.807, 2.05) is 25.1 Å². The van der Waals surface area contributed by atoms with Crippen LogP contribution in [0.25, 0.3) is 0 Å². The second-order valence-corrected chi connectivity index (χ2v) is 7.25. The topological polar surface area (TPSA) is 56.8 Å². The minimum Gasteiger partial charge on any atom is -0.495 e. The van der Waals surface area contributed by atoms with Crippen molar-refractivity contribution in [3.05, 3.63) is 41.4 Å². The SMILES string of the molecule is COc1ccc(Cl)cc1NC(=O)[C@H](C)Sc1ccc2c(c1)OCCO2. The van der Waals surface area contributed by atoms with Crippen LogP contribution in [0.15, 0.2) is 41.3 Å². The Balaban J connectivity index is 1.68. The van der Waals surface area contributed by atoms with E-state index in [-0.39, 0.29) is 11.2 Å². The number of carbonyl (C=O) groups excluding carboxylic acids is 1. The van der Waals surface area contributed by atoms with E-state index in [0.29, 0.717) is 35.4 Å². The lowest BCUT2D eigenvalue weighted by Gasteiger charge is -2.19. The van der Waals surface area contributed by atoms with Gasteiger partial charge in [-0.1, -0.05) is 11.6 Å². The molecule has 0 saturated heterocycles. The molecule has 0 spiro atoms. The Hall–Kier alpha value is -2.05. The number of anilines is 1. The van der Waals surface area contributed by atoms with Crippen LogP contribution >= 0.6 is 23.4 Å². The maximum Gasteiger partial charge on any atom is 0.237 e. The van der Waals surface area contributed by atoms with Crippen LogP contribution in [0.5, 0.6) is 17.2 Å². The van der Waals surface area contributed by atoms with Gasteiger partial charge in [0.15, 0.2) is 11.5 Å². The molecule has 0 radical (unpaired) electrons. The van der Waals surface area contributed by atoms with Crippen molar-refractivity contribution < 1.29 is 19.0 Å². The first-order chi connectivity index (χ1) is 12.1. The van der Waals surface area contributed by atoms with Crippen molar-refractivity contribution >= 4 is 35.0 Å². The van der Waals surface area contributed by atoms with Gasteiger partial charge in [0, 0.05) is 9.92 Å². The van der Waals surface area contributed by atoms with Gasteiger partial charge in [-0.3, -0.25) is 4.79 Å². The molecule has 7 heteroatoms. The van der Waals surface area contributed by atoms with Gasteiger partial charge in [-0.25, -0.2) is 0 Å². The number of nitrogens with one attached hydrogen (secondary N) is 1. The molecule has 1 atom stereocenters. The summed E-state index contributed by atoms with van der Waals surface area (Å²) < 4.78 is 16.3. The number of halogens is 1. The van der Waals surface area contributed by atoms with E-state index in [4.69, 9.17) is 25.8 Å². The van der Waals surface area contributed by atoms with E-state index < -0.39 is 0 Å². The zero-order chi connectivity index (χ0) is 17.8. The Bertz CT molecular complexity index is 784. The minimum atomic E-state index is -0.314. The van der Waals surface area contributed by atoms with Gasteiger partial charge in [0.25, 0.3) is 0 Å². The molecule has 132 valence electrons. The van der Waals surface area contributed by atoms with Gasteiger partial charge in [0.05, 0.1) is 18.0 Å². The van der Waals surface area contributed by atoms with E-state index in [1.54, 1.807) is 25.3 Å². The number of thioether (sulfide) groups is 1. The summed E-state index contributed by atoms with van der Waals surface area (Å²) in [6, 6.07) is 10.8. The third-order valence-electron chi connectivity index (χ3n) is 3.62. The highest BCUT2D eigenvalue weighted by Gasteiger charge is 2.18. The lowest BCUT2D eigenvalue weighted by molar-refractivity contribution is -0.115. The molecule has 0 saturated carbocycles. The second-order valence-electron chi connectivity index (χ2n) is 5.40. The fraction of sp³-hybridized carbons (Fsp3) is 0.278. The molecule has 1 N–H and O–H groups in total. The first-order valence-electron chi connectivity index (χ1n) is 7.77. The molecular formula is C18H18ClNO4S. The van der Waals surface area contributed by atoms with Crippen LogP contribution in [0.4, 0.5) is 5.69 Å². The quantitative estimate of drug-likeness (QED) is 0.787. The van der Waals surface area contributed by atoms with Gasteiger partial charge in [-0.05, 0) is 43.3 Å². The van der Waals surface area contributed by atoms with E-state index in [0.717, 1.165) is 10.6 Å². The second kappa shape index (κ2) is 7.89. The summed E-state index contributed by atoms with van der Waals surface area (Å²) >= 11 is 7.44. The first-order valence-corrected chi connectivity index (χ1v) is 9.03. The van der Waals surface area contributed by atoms with Crippen LogP contribution in [0.2, 0.25) is 5.02 Å². The zero-order valence-electron chi connectivity index (χ0n) is 13.9. The van der Waals surface area contributed by atoms with Gasteiger partial charge in [0.2, 0.25) is 5.91 Å². The number of hydrogen-bond donors (Lipinski definition) is 1. The molecule has 1 aliphatic rings. The molecular weight excluding hydrogens is 362 g/mol. The van der Waals surface area contributed by atoms with Crippen molar-refractivity contribution in [2.24, 2.45) is 0 Å². The summed E-state index contributed by atoms with van der Waals surface area (Å²) in [7, 11) is 1.55. The van der Waals surface area contributed by atoms with Crippen LogP contribution in [0.1, 0.15) is 6.92 Å². The number of methoxy groups -OCH3 is 1. The number of hydrogen-bond acceptors (Lipinski definition) is 5. The Kier molecular flexibility index (Phi) is 5.60. The highest BCUT2D eigenvalue weighted by Crippen LogP contribution is 2.36. The van der Waals surface area contributed by atoms with Gasteiger partial charge in [-0.15, -0.1) is 11.8 Å².